The molecule has 5 atom stereocenters. The first kappa shape index (κ1) is 21.3. The van der Waals surface area contributed by atoms with Gasteiger partial charge in [0.1, 0.15) is 12.1 Å². The van der Waals surface area contributed by atoms with Gasteiger partial charge < -0.3 is 14.7 Å². The average molecular weight is 402 g/mol. The summed E-state index contributed by atoms with van der Waals surface area (Å²) < 4.78 is 4.92. The maximum atomic E-state index is 13.2. The van der Waals surface area contributed by atoms with E-state index >= 15 is 0 Å². The summed E-state index contributed by atoms with van der Waals surface area (Å²) in [5.41, 5.74) is 1.10. The summed E-state index contributed by atoms with van der Waals surface area (Å²) in [4.78, 5) is 38.7. The van der Waals surface area contributed by atoms with E-state index in [1.165, 1.54) is 7.11 Å². The lowest BCUT2D eigenvalue weighted by Gasteiger charge is -2.31. The third-order valence-electron chi connectivity index (χ3n) is 6.25. The molecule has 1 aromatic carbocycles. The van der Waals surface area contributed by atoms with Gasteiger partial charge in [0, 0.05) is 6.04 Å². The summed E-state index contributed by atoms with van der Waals surface area (Å²) in [6, 6.07) is 7.72. The zero-order valence-electron chi connectivity index (χ0n) is 17.0. The van der Waals surface area contributed by atoms with Crippen LogP contribution in [-0.4, -0.2) is 59.1 Å². The normalized spacial score (nSPS) is 25.3. The van der Waals surface area contributed by atoms with Gasteiger partial charge in [-0.25, -0.2) is 4.79 Å². The third kappa shape index (κ3) is 4.78. The first-order valence-electron chi connectivity index (χ1n) is 10.3. The number of carboxylic acids is 1. The van der Waals surface area contributed by atoms with Crippen LogP contribution in [0.1, 0.15) is 44.6 Å². The predicted molar refractivity (Wildman–Crippen MR) is 107 cm³/mol. The van der Waals surface area contributed by atoms with Crippen molar-refractivity contribution >= 4 is 17.8 Å². The van der Waals surface area contributed by atoms with Crippen LogP contribution in [0.25, 0.3) is 0 Å². The summed E-state index contributed by atoms with van der Waals surface area (Å²) in [7, 11) is 1.33. The summed E-state index contributed by atoms with van der Waals surface area (Å²) in [6.45, 7) is 1.70. The van der Waals surface area contributed by atoms with E-state index < -0.39 is 30.1 Å². The van der Waals surface area contributed by atoms with E-state index in [1.54, 1.807) is 11.8 Å². The van der Waals surface area contributed by atoms with E-state index in [0.29, 0.717) is 19.3 Å². The molecule has 3 unspecified atom stereocenters. The minimum atomic E-state index is -0.950. The van der Waals surface area contributed by atoms with Crippen LogP contribution in [0.5, 0.6) is 0 Å². The number of aliphatic carboxylic acids is 1. The van der Waals surface area contributed by atoms with Gasteiger partial charge in [0.2, 0.25) is 5.91 Å². The van der Waals surface area contributed by atoms with Crippen LogP contribution in [0.15, 0.2) is 30.3 Å². The first-order valence-corrected chi connectivity index (χ1v) is 10.3. The van der Waals surface area contributed by atoms with E-state index in [0.717, 1.165) is 24.8 Å². The number of fused-ring (bicyclic) bond motifs is 1. The van der Waals surface area contributed by atoms with Crippen molar-refractivity contribution in [2.24, 2.45) is 5.92 Å². The highest BCUT2D eigenvalue weighted by Crippen LogP contribution is 2.41. The number of nitrogens with one attached hydrogen (secondary N) is 1. The zero-order chi connectivity index (χ0) is 21.0. The van der Waals surface area contributed by atoms with Gasteiger partial charge in [0.05, 0.1) is 13.2 Å². The van der Waals surface area contributed by atoms with Crippen molar-refractivity contribution in [3.05, 3.63) is 35.9 Å². The lowest BCUT2D eigenvalue weighted by molar-refractivity contribution is -0.151. The van der Waals surface area contributed by atoms with E-state index in [-0.39, 0.29) is 17.9 Å². The predicted octanol–water partition coefficient (Wildman–Crippen LogP) is 1.99. The number of carbonyl (C=O) groups excluding carboxylic acids is 2. The lowest BCUT2D eigenvalue weighted by Crippen LogP contribution is -2.55. The van der Waals surface area contributed by atoms with E-state index in [9.17, 15) is 19.5 Å². The van der Waals surface area contributed by atoms with Crippen molar-refractivity contribution in [3.63, 3.8) is 0 Å². The Morgan fingerprint density at radius 2 is 1.97 bits per heavy atom. The Labute approximate surface area is 171 Å². The Bertz CT molecular complexity index is 738. The van der Waals surface area contributed by atoms with Crippen LogP contribution in [0.4, 0.5) is 0 Å². The Morgan fingerprint density at radius 3 is 2.62 bits per heavy atom. The highest BCUT2D eigenvalue weighted by Gasteiger charge is 2.49. The minimum Gasteiger partial charge on any atom is -0.480 e. The van der Waals surface area contributed by atoms with E-state index in [4.69, 9.17) is 4.74 Å². The summed E-state index contributed by atoms with van der Waals surface area (Å²) in [5.74, 6) is -1.36. The standard InChI is InChI=1S/C22H30N2O5/c1-14(20(25)24-18-10-6-9-16(18)13-19(24)21(26)27)23-17(22(28)29-2)12-11-15-7-4-3-5-8-15/h3-5,7-8,14,16-19,23H,6,9-13H2,1-2H3,(H,26,27)/t14?,16?,17-,18?,19-/m0/s1. The fraction of sp³-hybridized carbons (Fsp3) is 0.591. The van der Waals surface area contributed by atoms with E-state index in [2.05, 4.69) is 5.32 Å². The van der Waals surface area contributed by atoms with Gasteiger partial charge >= 0.3 is 11.9 Å². The second-order valence-electron chi connectivity index (χ2n) is 8.08. The smallest absolute Gasteiger partial charge is 0.326 e. The van der Waals surface area contributed by atoms with Gasteiger partial charge in [-0.3, -0.25) is 14.9 Å². The van der Waals surface area contributed by atoms with Crippen molar-refractivity contribution in [3.8, 4) is 0 Å². The van der Waals surface area contributed by atoms with Crippen molar-refractivity contribution in [2.45, 2.75) is 69.6 Å². The maximum Gasteiger partial charge on any atom is 0.326 e. The van der Waals surface area contributed by atoms with Crippen molar-refractivity contribution in [1.29, 1.82) is 0 Å². The summed E-state index contributed by atoms with van der Waals surface area (Å²) in [6.07, 6.45) is 4.52. The van der Waals surface area contributed by atoms with Gasteiger partial charge in [-0.1, -0.05) is 36.8 Å². The number of likely N-dealkylation sites (tertiary alicyclic amines) is 1. The number of carbonyl (C=O) groups is 3. The van der Waals surface area contributed by atoms with Crippen LogP contribution in [0.3, 0.4) is 0 Å². The SMILES string of the molecule is COC(=O)[C@H](CCc1ccccc1)NC(C)C(=O)N1C2CCCC2C[C@H]1C(=O)O. The number of benzene rings is 1. The van der Waals surface area contributed by atoms with Gasteiger partial charge in [-0.05, 0) is 50.5 Å². The Balaban J connectivity index is 1.67. The number of hydrogen-bond donors (Lipinski definition) is 2. The van der Waals surface area contributed by atoms with Crippen LogP contribution in [0.2, 0.25) is 0 Å². The molecule has 158 valence electrons. The van der Waals surface area contributed by atoms with Gasteiger partial charge in [0.25, 0.3) is 0 Å². The fourth-order valence-electron chi connectivity index (χ4n) is 4.79. The molecular weight excluding hydrogens is 372 g/mol. The molecule has 0 aromatic heterocycles. The maximum absolute atomic E-state index is 13.2. The quantitative estimate of drug-likeness (QED) is 0.646. The molecule has 2 fully saturated rings. The molecule has 7 nitrogen and oxygen atoms in total. The number of amides is 1. The average Bonchev–Trinajstić information content (AvgIpc) is 3.31. The number of esters is 1. The summed E-state index contributed by atoms with van der Waals surface area (Å²) in [5, 5.41) is 12.7. The molecular formula is C22H30N2O5. The topological polar surface area (TPSA) is 95.9 Å². The van der Waals surface area contributed by atoms with Crippen LogP contribution < -0.4 is 5.32 Å². The highest BCUT2D eigenvalue weighted by atomic mass is 16.5. The molecule has 0 spiro atoms. The molecule has 0 radical (unpaired) electrons. The van der Waals surface area contributed by atoms with Crippen molar-refractivity contribution in [1.82, 2.24) is 10.2 Å². The Kier molecular flexibility index (Phi) is 6.90. The molecule has 3 rings (SSSR count). The first-order chi connectivity index (χ1) is 13.9. The van der Waals surface area contributed by atoms with Gasteiger partial charge in [0.15, 0.2) is 0 Å². The zero-order valence-corrected chi connectivity index (χ0v) is 17.0. The number of carboxylic acid groups (broad SMARTS) is 1. The largest absolute Gasteiger partial charge is 0.480 e. The number of aryl methyl sites for hydroxylation is 1. The molecule has 1 saturated heterocycles. The van der Waals surface area contributed by atoms with E-state index in [1.807, 2.05) is 30.3 Å². The highest BCUT2D eigenvalue weighted by molar-refractivity contribution is 5.88. The monoisotopic (exact) mass is 402 g/mol. The minimum absolute atomic E-state index is 0.00579. The molecule has 0 bridgehead atoms. The molecule has 1 aromatic rings. The number of hydrogen-bond acceptors (Lipinski definition) is 5. The van der Waals surface area contributed by atoms with Crippen molar-refractivity contribution < 1.29 is 24.2 Å². The number of rotatable bonds is 8. The molecule has 29 heavy (non-hydrogen) atoms. The molecule has 7 heteroatoms. The molecule has 2 aliphatic rings. The second kappa shape index (κ2) is 9.39. The van der Waals surface area contributed by atoms with Crippen LogP contribution in [0, 0.1) is 5.92 Å². The molecule has 2 N–H and O–H groups in total. The lowest BCUT2D eigenvalue weighted by atomic mass is 10.0. The van der Waals surface area contributed by atoms with Crippen LogP contribution >= 0.6 is 0 Å². The second-order valence-corrected chi connectivity index (χ2v) is 8.08. The fourth-order valence-corrected chi connectivity index (χ4v) is 4.79. The molecule has 1 heterocycles. The number of nitrogens with zero attached hydrogens (tertiary/aromatic N) is 1. The molecule has 1 aliphatic heterocycles. The molecule has 1 aliphatic carbocycles. The third-order valence-corrected chi connectivity index (χ3v) is 6.25. The number of ether oxygens (including phenoxy) is 1. The molecule has 1 amide bonds. The number of methoxy groups -OCH3 is 1. The van der Waals surface area contributed by atoms with Gasteiger partial charge in [-0.2, -0.15) is 0 Å². The van der Waals surface area contributed by atoms with Crippen molar-refractivity contribution in [2.75, 3.05) is 7.11 Å². The van der Waals surface area contributed by atoms with Crippen LogP contribution in [-0.2, 0) is 25.5 Å². The Morgan fingerprint density at radius 1 is 1.24 bits per heavy atom. The molecule has 1 saturated carbocycles. The Hall–Kier alpha value is -2.41. The van der Waals surface area contributed by atoms with Gasteiger partial charge in [-0.15, -0.1) is 0 Å². The summed E-state index contributed by atoms with van der Waals surface area (Å²) >= 11 is 0.